The number of nitrogens with zero attached hydrogens (tertiary/aromatic N) is 2. The van der Waals surface area contributed by atoms with Gasteiger partial charge in [0.25, 0.3) is 5.91 Å². The number of fused-ring (bicyclic) bond motifs is 1. The number of aromatic nitrogens is 1. The van der Waals surface area contributed by atoms with E-state index < -0.39 is 6.03 Å². The van der Waals surface area contributed by atoms with Crippen LogP contribution in [0.25, 0.3) is 17.0 Å². The minimum atomic E-state index is -0.449. The van der Waals surface area contributed by atoms with Crippen molar-refractivity contribution in [2.75, 3.05) is 0 Å². The van der Waals surface area contributed by atoms with Gasteiger partial charge in [-0.2, -0.15) is 0 Å². The fraction of sp³-hybridized carbons (Fsp3) is 0.0952. The normalized spacial score (nSPS) is 15.6. The fourth-order valence-electron chi connectivity index (χ4n) is 3.01. The van der Waals surface area contributed by atoms with Gasteiger partial charge in [-0.15, -0.1) is 0 Å². The van der Waals surface area contributed by atoms with E-state index in [1.54, 1.807) is 6.08 Å². The summed E-state index contributed by atoms with van der Waals surface area (Å²) in [6, 6.07) is 16.7. The topological polar surface area (TPSA) is 62.3 Å². The molecular weight excluding hydrogens is 362 g/mol. The molecule has 0 aliphatic carbocycles. The molecule has 2 aromatic carbocycles. The summed E-state index contributed by atoms with van der Waals surface area (Å²) in [6.45, 7) is 2.20. The number of nitrogens with one attached hydrogen (secondary N) is 1. The number of carbonyl (C=O) groups excluding carboxylic acids is 2. The van der Waals surface area contributed by atoms with Crippen molar-refractivity contribution in [3.05, 3.63) is 82.1 Å². The van der Waals surface area contributed by atoms with Crippen LogP contribution >= 0.6 is 11.6 Å². The van der Waals surface area contributed by atoms with Gasteiger partial charge in [0.15, 0.2) is 0 Å². The highest BCUT2D eigenvalue weighted by Crippen LogP contribution is 2.25. The van der Waals surface area contributed by atoms with Crippen LogP contribution in [0.2, 0.25) is 5.15 Å². The Kier molecular flexibility index (Phi) is 4.38. The molecule has 6 heteroatoms. The third-order valence-corrected chi connectivity index (χ3v) is 4.70. The molecule has 1 fully saturated rings. The van der Waals surface area contributed by atoms with E-state index in [1.165, 1.54) is 4.90 Å². The van der Waals surface area contributed by atoms with E-state index >= 15 is 0 Å². The summed E-state index contributed by atoms with van der Waals surface area (Å²) in [4.78, 5) is 30.5. The molecule has 5 nitrogen and oxygen atoms in total. The van der Waals surface area contributed by atoms with Gasteiger partial charge >= 0.3 is 6.03 Å². The van der Waals surface area contributed by atoms with Crippen LogP contribution in [0.3, 0.4) is 0 Å². The highest BCUT2D eigenvalue weighted by molar-refractivity contribution is 6.31. The Bertz CT molecular complexity index is 1090. The number of benzene rings is 2. The zero-order valence-electron chi connectivity index (χ0n) is 14.6. The lowest BCUT2D eigenvalue weighted by atomic mass is 10.1. The maximum absolute atomic E-state index is 12.7. The van der Waals surface area contributed by atoms with E-state index in [1.807, 2.05) is 61.5 Å². The van der Waals surface area contributed by atoms with Crippen molar-refractivity contribution < 1.29 is 9.59 Å². The molecule has 1 aromatic heterocycles. The first-order valence-corrected chi connectivity index (χ1v) is 8.84. The van der Waals surface area contributed by atoms with E-state index in [0.29, 0.717) is 5.56 Å². The van der Waals surface area contributed by atoms with Crippen molar-refractivity contribution in [3.63, 3.8) is 0 Å². The van der Waals surface area contributed by atoms with Crippen molar-refractivity contribution in [1.29, 1.82) is 0 Å². The van der Waals surface area contributed by atoms with E-state index in [0.717, 1.165) is 22.0 Å². The van der Waals surface area contributed by atoms with E-state index in [4.69, 9.17) is 11.6 Å². The number of rotatable bonds is 3. The van der Waals surface area contributed by atoms with Crippen LogP contribution in [-0.2, 0) is 11.3 Å². The molecule has 1 aliphatic heterocycles. The Morgan fingerprint density at radius 3 is 2.67 bits per heavy atom. The molecule has 134 valence electrons. The number of amides is 3. The molecule has 0 saturated carbocycles. The van der Waals surface area contributed by atoms with Crippen LogP contribution in [0.1, 0.15) is 16.7 Å². The van der Waals surface area contributed by atoms with Gasteiger partial charge in [-0.05, 0) is 36.3 Å². The predicted molar refractivity (Wildman–Crippen MR) is 105 cm³/mol. The van der Waals surface area contributed by atoms with Gasteiger partial charge in [-0.25, -0.2) is 9.78 Å². The summed E-state index contributed by atoms with van der Waals surface area (Å²) < 4.78 is 0. The summed E-state index contributed by atoms with van der Waals surface area (Å²) in [5.41, 5.74) is 3.52. The van der Waals surface area contributed by atoms with Crippen molar-refractivity contribution in [1.82, 2.24) is 15.2 Å². The molecule has 0 atom stereocenters. The molecule has 0 spiro atoms. The number of aryl methyl sites for hydroxylation is 1. The van der Waals surface area contributed by atoms with E-state index in [2.05, 4.69) is 10.3 Å². The van der Waals surface area contributed by atoms with Crippen molar-refractivity contribution in [2.24, 2.45) is 0 Å². The van der Waals surface area contributed by atoms with Gasteiger partial charge in [0.05, 0.1) is 12.1 Å². The molecule has 2 heterocycles. The van der Waals surface area contributed by atoms with Gasteiger partial charge < -0.3 is 5.32 Å². The molecule has 4 rings (SSSR count). The number of hydrogen-bond acceptors (Lipinski definition) is 3. The summed E-state index contributed by atoms with van der Waals surface area (Å²) in [7, 11) is 0. The summed E-state index contributed by atoms with van der Waals surface area (Å²) in [6.07, 6.45) is 1.57. The van der Waals surface area contributed by atoms with E-state index in [-0.39, 0.29) is 23.3 Å². The third-order valence-electron chi connectivity index (χ3n) is 4.40. The van der Waals surface area contributed by atoms with Crippen molar-refractivity contribution in [2.45, 2.75) is 13.5 Å². The molecule has 1 N–H and O–H groups in total. The first-order valence-electron chi connectivity index (χ1n) is 8.46. The van der Waals surface area contributed by atoms with Crippen LogP contribution in [-0.4, -0.2) is 21.8 Å². The number of carbonyl (C=O) groups is 2. The van der Waals surface area contributed by atoms with Crippen LogP contribution in [0.4, 0.5) is 4.79 Å². The number of imide groups is 1. The quantitative estimate of drug-likeness (QED) is 0.420. The zero-order chi connectivity index (χ0) is 19.0. The Balaban J connectivity index is 1.65. The van der Waals surface area contributed by atoms with Gasteiger partial charge in [-0.3, -0.25) is 9.69 Å². The number of urea groups is 1. The van der Waals surface area contributed by atoms with Crippen LogP contribution in [0.15, 0.2) is 60.3 Å². The Hall–Kier alpha value is -3.18. The lowest BCUT2D eigenvalue weighted by molar-refractivity contribution is -0.123. The molecule has 0 bridgehead atoms. The SMILES string of the molecule is Cc1ccc2cc(/C=C3\NC(=O)N(Cc4ccccc4)C3=O)c(Cl)nc2c1. The number of hydrogen-bond donors (Lipinski definition) is 1. The average Bonchev–Trinajstić information content (AvgIpc) is 2.91. The van der Waals surface area contributed by atoms with Gasteiger partial charge in [-0.1, -0.05) is 54.1 Å². The van der Waals surface area contributed by atoms with E-state index in [9.17, 15) is 9.59 Å². The molecule has 3 amide bonds. The maximum atomic E-state index is 12.7. The average molecular weight is 378 g/mol. The first-order chi connectivity index (χ1) is 13.0. The van der Waals surface area contributed by atoms with Crippen LogP contribution in [0.5, 0.6) is 0 Å². The maximum Gasteiger partial charge on any atom is 0.329 e. The zero-order valence-corrected chi connectivity index (χ0v) is 15.3. The molecule has 1 aliphatic rings. The van der Waals surface area contributed by atoms with Gasteiger partial charge in [0.1, 0.15) is 10.9 Å². The molecule has 1 saturated heterocycles. The van der Waals surface area contributed by atoms with Gasteiger partial charge in [0, 0.05) is 10.9 Å². The highest BCUT2D eigenvalue weighted by atomic mass is 35.5. The minimum Gasteiger partial charge on any atom is -0.303 e. The molecule has 27 heavy (non-hydrogen) atoms. The second-order valence-corrected chi connectivity index (χ2v) is 6.79. The largest absolute Gasteiger partial charge is 0.329 e. The number of pyridine rings is 1. The lowest BCUT2D eigenvalue weighted by Gasteiger charge is -2.11. The van der Waals surface area contributed by atoms with Crippen molar-refractivity contribution in [3.8, 4) is 0 Å². The number of halogens is 1. The predicted octanol–water partition coefficient (Wildman–Crippen LogP) is 4.29. The second-order valence-electron chi connectivity index (χ2n) is 6.43. The smallest absolute Gasteiger partial charge is 0.303 e. The van der Waals surface area contributed by atoms with Crippen molar-refractivity contribution >= 4 is 40.5 Å². The molecule has 0 unspecified atom stereocenters. The Morgan fingerprint density at radius 1 is 1.11 bits per heavy atom. The minimum absolute atomic E-state index is 0.186. The summed E-state index contributed by atoms with van der Waals surface area (Å²) in [5, 5.41) is 3.81. The summed E-state index contributed by atoms with van der Waals surface area (Å²) >= 11 is 6.29. The Labute approximate surface area is 161 Å². The summed E-state index contributed by atoms with van der Waals surface area (Å²) in [5.74, 6) is -0.385. The van der Waals surface area contributed by atoms with Crippen LogP contribution < -0.4 is 5.32 Å². The second kappa shape index (κ2) is 6.85. The molecule has 3 aromatic rings. The lowest BCUT2D eigenvalue weighted by Crippen LogP contribution is -2.30. The Morgan fingerprint density at radius 2 is 1.89 bits per heavy atom. The standard InChI is InChI=1S/C21H16ClN3O2/c1-13-7-8-15-10-16(19(22)23-17(15)9-13)11-18-20(26)25(21(27)24-18)12-14-5-3-2-4-6-14/h2-11H,12H2,1H3,(H,24,27)/b18-11-. The first kappa shape index (κ1) is 17.2. The molecular formula is C21H16ClN3O2. The molecule has 0 radical (unpaired) electrons. The van der Waals surface area contributed by atoms with Crippen LogP contribution in [0, 0.1) is 6.92 Å². The van der Waals surface area contributed by atoms with Gasteiger partial charge in [0.2, 0.25) is 0 Å². The fourth-order valence-corrected chi connectivity index (χ4v) is 3.21. The third kappa shape index (κ3) is 3.41. The highest BCUT2D eigenvalue weighted by Gasteiger charge is 2.33. The monoisotopic (exact) mass is 377 g/mol.